The number of halogens is 1. The summed E-state index contributed by atoms with van der Waals surface area (Å²) in [7, 11) is 1.69. The maximum atomic E-state index is 5.20. The van der Waals surface area contributed by atoms with E-state index in [1.54, 1.807) is 18.4 Å². The molecule has 0 aliphatic rings. The molecular weight excluding hydrogens is 310 g/mol. The Labute approximate surface area is 120 Å². The second-order valence-corrected chi connectivity index (χ2v) is 5.54. The fraction of sp³-hybridized carbons (Fsp3) is 0.286. The molecule has 0 saturated carbocycles. The van der Waals surface area contributed by atoms with E-state index in [0.717, 1.165) is 16.8 Å². The first-order valence-corrected chi connectivity index (χ1v) is 7.58. The van der Waals surface area contributed by atoms with Crippen molar-refractivity contribution < 1.29 is 4.74 Å². The minimum Gasteiger partial charge on any atom is -0.497 e. The van der Waals surface area contributed by atoms with Crippen LogP contribution in [0.4, 0.5) is 0 Å². The molecule has 4 heteroatoms. The van der Waals surface area contributed by atoms with Crippen molar-refractivity contribution in [2.24, 2.45) is 0 Å². The molecule has 0 saturated heterocycles. The van der Waals surface area contributed by atoms with Crippen LogP contribution in [0.15, 0.2) is 39.5 Å². The van der Waals surface area contributed by atoms with Gasteiger partial charge in [-0.05, 0) is 51.1 Å². The summed E-state index contributed by atoms with van der Waals surface area (Å²) in [6, 6.07) is 8.44. The molecule has 1 heterocycles. The number of nitrogens with one attached hydrogen (secondary N) is 1. The van der Waals surface area contributed by atoms with Crippen LogP contribution >= 0.6 is 27.3 Å². The molecule has 0 fully saturated rings. The summed E-state index contributed by atoms with van der Waals surface area (Å²) in [5.41, 5.74) is 2.53. The summed E-state index contributed by atoms with van der Waals surface area (Å²) in [6.45, 7) is 3.05. The van der Waals surface area contributed by atoms with Crippen LogP contribution < -0.4 is 10.1 Å². The van der Waals surface area contributed by atoms with Crippen LogP contribution in [0.25, 0.3) is 0 Å². The number of methoxy groups -OCH3 is 1. The van der Waals surface area contributed by atoms with Crippen LogP contribution in [0.5, 0.6) is 5.75 Å². The van der Waals surface area contributed by atoms with Gasteiger partial charge in [0.2, 0.25) is 0 Å². The third-order valence-corrected chi connectivity index (χ3v) is 4.56. The number of ether oxygens (including phenoxy) is 1. The smallest absolute Gasteiger partial charge is 0.118 e. The van der Waals surface area contributed by atoms with Crippen molar-refractivity contribution in [1.82, 2.24) is 5.32 Å². The van der Waals surface area contributed by atoms with Gasteiger partial charge in [-0.1, -0.05) is 19.1 Å². The molecule has 1 unspecified atom stereocenters. The van der Waals surface area contributed by atoms with E-state index in [2.05, 4.69) is 51.1 Å². The monoisotopic (exact) mass is 325 g/mol. The normalized spacial score (nSPS) is 12.4. The number of rotatable bonds is 5. The molecule has 2 rings (SSSR count). The largest absolute Gasteiger partial charge is 0.497 e. The Morgan fingerprint density at radius 3 is 2.50 bits per heavy atom. The Morgan fingerprint density at radius 2 is 2.00 bits per heavy atom. The van der Waals surface area contributed by atoms with Crippen molar-refractivity contribution in [3.8, 4) is 5.75 Å². The fourth-order valence-corrected chi connectivity index (χ4v) is 3.46. The molecular formula is C14H16BrNOS. The highest BCUT2D eigenvalue weighted by Crippen LogP contribution is 2.32. The SMILES string of the molecule is CCNC(c1ccc(OC)cc1)c1cscc1Br. The van der Waals surface area contributed by atoms with Gasteiger partial charge in [0, 0.05) is 9.85 Å². The molecule has 0 aliphatic heterocycles. The van der Waals surface area contributed by atoms with Gasteiger partial charge in [0.15, 0.2) is 0 Å². The molecule has 96 valence electrons. The zero-order valence-corrected chi connectivity index (χ0v) is 12.8. The lowest BCUT2D eigenvalue weighted by molar-refractivity contribution is 0.414. The summed E-state index contributed by atoms with van der Waals surface area (Å²) in [4.78, 5) is 0. The number of thiophene rings is 1. The number of benzene rings is 1. The van der Waals surface area contributed by atoms with Gasteiger partial charge in [-0.25, -0.2) is 0 Å². The van der Waals surface area contributed by atoms with Crippen LogP contribution in [0.1, 0.15) is 24.1 Å². The minimum atomic E-state index is 0.224. The van der Waals surface area contributed by atoms with Gasteiger partial charge in [-0.3, -0.25) is 0 Å². The average Bonchev–Trinajstić information content (AvgIpc) is 2.82. The topological polar surface area (TPSA) is 21.3 Å². The van der Waals surface area contributed by atoms with E-state index in [1.165, 1.54) is 11.1 Å². The average molecular weight is 326 g/mol. The van der Waals surface area contributed by atoms with E-state index in [1.807, 2.05) is 12.1 Å². The summed E-state index contributed by atoms with van der Waals surface area (Å²) in [6.07, 6.45) is 0. The third kappa shape index (κ3) is 2.94. The van der Waals surface area contributed by atoms with Gasteiger partial charge in [0.25, 0.3) is 0 Å². The lowest BCUT2D eigenvalue weighted by atomic mass is 10.0. The van der Waals surface area contributed by atoms with E-state index in [-0.39, 0.29) is 6.04 Å². The zero-order valence-electron chi connectivity index (χ0n) is 10.4. The molecule has 2 aromatic rings. The molecule has 18 heavy (non-hydrogen) atoms. The summed E-state index contributed by atoms with van der Waals surface area (Å²) < 4.78 is 6.36. The molecule has 0 bridgehead atoms. The van der Waals surface area contributed by atoms with Crippen LogP contribution in [0.2, 0.25) is 0 Å². The molecule has 0 radical (unpaired) electrons. The highest BCUT2D eigenvalue weighted by Gasteiger charge is 2.16. The van der Waals surface area contributed by atoms with E-state index in [0.29, 0.717) is 0 Å². The van der Waals surface area contributed by atoms with Gasteiger partial charge in [-0.15, -0.1) is 0 Å². The molecule has 1 aromatic heterocycles. The summed E-state index contributed by atoms with van der Waals surface area (Å²) >= 11 is 5.32. The van der Waals surface area contributed by atoms with E-state index >= 15 is 0 Å². The van der Waals surface area contributed by atoms with Gasteiger partial charge in [-0.2, -0.15) is 11.3 Å². The summed E-state index contributed by atoms with van der Waals surface area (Å²) in [5.74, 6) is 0.887. The first kappa shape index (κ1) is 13.6. The predicted octanol–water partition coefficient (Wildman–Crippen LogP) is 4.22. The quantitative estimate of drug-likeness (QED) is 0.888. The first-order valence-electron chi connectivity index (χ1n) is 5.85. The molecule has 1 N–H and O–H groups in total. The van der Waals surface area contributed by atoms with E-state index in [4.69, 9.17) is 4.74 Å². The Hall–Kier alpha value is -0.840. The highest BCUT2D eigenvalue weighted by molar-refractivity contribution is 9.10. The maximum absolute atomic E-state index is 5.20. The Balaban J connectivity index is 2.32. The molecule has 1 atom stereocenters. The van der Waals surface area contributed by atoms with Crippen molar-refractivity contribution in [2.45, 2.75) is 13.0 Å². The van der Waals surface area contributed by atoms with Crippen molar-refractivity contribution >= 4 is 27.3 Å². The number of hydrogen-bond acceptors (Lipinski definition) is 3. The van der Waals surface area contributed by atoms with Crippen LogP contribution in [0, 0.1) is 0 Å². The van der Waals surface area contributed by atoms with Gasteiger partial charge in [0.05, 0.1) is 13.2 Å². The molecule has 2 nitrogen and oxygen atoms in total. The number of hydrogen-bond donors (Lipinski definition) is 1. The molecule has 1 aromatic carbocycles. The van der Waals surface area contributed by atoms with Gasteiger partial charge in [0.1, 0.15) is 5.75 Å². The fourth-order valence-electron chi connectivity index (χ4n) is 1.91. The standard InChI is InChI=1S/C14H16BrNOS/c1-3-16-14(12-8-18-9-13(12)15)10-4-6-11(17-2)7-5-10/h4-9,14,16H,3H2,1-2H3. The van der Waals surface area contributed by atoms with Crippen LogP contribution in [-0.4, -0.2) is 13.7 Å². The van der Waals surface area contributed by atoms with Crippen LogP contribution in [-0.2, 0) is 0 Å². The van der Waals surface area contributed by atoms with Crippen LogP contribution in [0.3, 0.4) is 0 Å². The van der Waals surface area contributed by atoms with E-state index in [9.17, 15) is 0 Å². The molecule has 0 aliphatic carbocycles. The molecule has 0 spiro atoms. The Kier molecular flexibility index (Phi) is 4.80. The second-order valence-electron chi connectivity index (χ2n) is 3.94. The van der Waals surface area contributed by atoms with Gasteiger partial charge >= 0.3 is 0 Å². The maximum Gasteiger partial charge on any atom is 0.118 e. The molecule has 0 amide bonds. The highest BCUT2D eigenvalue weighted by atomic mass is 79.9. The zero-order chi connectivity index (χ0) is 13.0. The third-order valence-electron chi connectivity index (χ3n) is 2.81. The second kappa shape index (κ2) is 6.36. The summed E-state index contributed by atoms with van der Waals surface area (Å²) in [5, 5.41) is 7.81. The minimum absolute atomic E-state index is 0.224. The van der Waals surface area contributed by atoms with Crippen molar-refractivity contribution in [2.75, 3.05) is 13.7 Å². The first-order chi connectivity index (χ1) is 8.76. The van der Waals surface area contributed by atoms with Crippen molar-refractivity contribution in [1.29, 1.82) is 0 Å². The Morgan fingerprint density at radius 1 is 1.28 bits per heavy atom. The lowest BCUT2D eigenvalue weighted by Gasteiger charge is -2.18. The van der Waals surface area contributed by atoms with E-state index < -0.39 is 0 Å². The Bertz CT molecular complexity index is 495. The van der Waals surface area contributed by atoms with Crippen molar-refractivity contribution in [3.63, 3.8) is 0 Å². The predicted molar refractivity (Wildman–Crippen MR) is 80.5 cm³/mol. The van der Waals surface area contributed by atoms with Crippen molar-refractivity contribution in [3.05, 3.63) is 50.6 Å². The lowest BCUT2D eigenvalue weighted by Crippen LogP contribution is -2.21. The van der Waals surface area contributed by atoms with Gasteiger partial charge < -0.3 is 10.1 Å².